The van der Waals surface area contributed by atoms with Gasteiger partial charge in [0.05, 0.1) is 26.2 Å². The Bertz CT molecular complexity index is 869. The first-order valence-electron chi connectivity index (χ1n) is 9.88. The zero-order valence-electron chi connectivity index (χ0n) is 16.5. The van der Waals surface area contributed by atoms with Gasteiger partial charge in [0.25, 0.3) is 5.91 Å². The highest BCUT2D eigenvalue weighted by molar-refractivity contribution is 5.92. The van der Waals surface area contributed by atoms with Crippen molar-refractivity contribution < 1.29 is 9.69 Å². The molecule has 1 aromatic heterocycles. The van der Waals surface area contributed by atoms with Crippen molar-refractivity contribution in [3.8, 4) is 0 Å². The second kappa shape index (κ2) is 7.98. The highest BCUT2D eigenvalue weighted by Gasteiger charge is 2.32. The fraction of sp³-hybridized carbons (Fsp3) is 0.304. The molecule has 1 aliphatic heterocycles. The summed E-state index contributed by atoms with van der Waals surface area (Å²) in [6, 6.07) is 23.5. The second-order valence-corrected chi connectivity index (χ2v) is 7.50. The van der Waals surface area contributed by atoms with Crippen molar-refractivity contribution in [1.29, 1.82) is 0 Å². The monoisotopic (exact) mass is 375 g/mol. The molecule has 4 rings (SSSR count). The summed E-state index contributed by atoms with van der Waals surface area (Å²) in [7, 11) is 1.87. The fourth-order valence-corrected chi connectivity index (χ4v) is 4.07. The molecule has 28 heavy (non-hydrogen) atoms. The molecule has 2 heterocycles. The van der Waals surface area contributed by atoms with Crippen molar-refractivity contribution in [2.45, 2.75) is 13.0 Å². The van der Waals surface area contributed by atoms with Crippen LogP contribution in [0, 0.1) is 6.92 Å². The van der Waals surface area contributed by atoms with E-state index >= 15 is 0 Å². The topological polar surface area (TPSA) is 42.6 Å². The van der Waals surface area contributed by atoms with E-state index in [0.29, 0.717) is 5.69 Å². The van der Waals surface area contributed by atoms with Gasteiger partial charge in [-0.15, -0.1) is 0 Å². The van der Waals surface area contributed by atoms with Crippen molar-refractivity contribution in [2.24, 2.45) is 7.05 Å². The number of aromatic nitrogens is 2. The van der Waals surface area contributed by atoms with Gasteiger partial charge in [0.2, 0.25) is 0 Å². The van der Waals surface area contributed by atoms with Gasteiger partial charge in [0.15, 0.2) is 5.69 Å². The van der Waals surface area contributed by atoms with Gasteiger partial charge in [-0.05, 0) is 13.0 Å². The molecule has 2 aromatic carbocycles. The van der Waals surface area contributed by atoms with Crippen LogP contribution in [0.1, 0.15) is 33.4 Å². The Balaban J connectivity index is 1.51. The molecule has 1 aliphatic rings. The summed E-state index contributed by atoms with van der Waals surface area (Å²) >= 11 is 0. The van der Waals surface area contributed by atoms with Crippen molar-refractivity contribution >= 4 is 5.91 Å². The summed E-state index contributed by atoms with van der Waals surface area (Å²) in [5.41, 5.74) is 4.19. The standard InChI is InChI=1S/C23H26N4O/c1-18-17-21(24-25(18)2)23(28)27-15-13-26(14-16-27)22(19-9-5-3-6-10-19)20-11-7-4-8-12-20/h3-12,17,22H,13-16H2,1-2H3/p+1. The van der Waals surface area contributed by atoms with Gasteiger partial charge in [-0.2, -0.15) is 5.10 Å². The maximum absolute atomic E-state index is 12.8. The average molecular weight is 375 g/mol. The molecule has 3 aromatic rings. The molecule has 0 unspecified atom stereocenters. The molecule has 0 atom stereocenters. The highest BCUT2D eigenvalue weighted by Crippen LogP contribution is 2.19. The van der Waals surface area contributed by atoms with Crippen LogP contribution in [0.2, 0.25) is 0 Å². The lowest BCUT2D eigenvalue weighted by Gasteiger charge is -2.36. The zero-order chi connectivity index (χ0) is 19.5. The number of quaternary nitrogens is 1. The van der Waals surface area contributed by atoms with E-state index in [1.165, 1.54) is 16.0 Å². The molecular weight excluding hydrogens is 348 g/mol. The Kier molecular flexibility index (Phi) is 5.26. The summed E-state index contributed by atoms with van der Waals surface area (Å²) in [5, 5.41) is 4.35. The van der Waals surface area contributed by atoms with Crippen molar-refractivity contribution in [2.75, 3.05) is 26.2 Å². The number of hydrogen-bond donors (Lipinski definition) is 1. The Labute approximate surface area is 166 Å². The Morgan fingerprint density at radius 1 is 0.964 bits per heavy atom. The maximum Gasteiger partial charge on any atom is 0.274 e. The lowest BCUT2D eigenvalue weighted by atomic mass is 9.96. The van der Waals surface area contributed by atoms with E-state index in [0.717, 1.165) is 31.9 Å². The summed E-state index contributed by atoms with van der Waals surface area (Å²) in [4.78, 5) is 16.3. The predicted octanol–water partition coefficient (Wildman–Crippen LogP) is 1.86. The molecule has 144 valence electrons. The number of aryl methyl sites for hydroxylation is 2. The minimum absolute atomic E-state index is 0.0405. The summed E-state index contributed by atoms with van der Waals surface area (Å²) in [5.74, 6) is 0.0405. The molecule has 1 fully saturated rings. The van der Waals surface area contributed by atoms with E-state index in [1.807, 2.05) is 24.9 Å². The smallest absolute Gasteiger partial charge is 0.274 e. The number of carbonyl (C=O) groups is 1. The third-order valence-corrected chi connectivity index (χ3v) is 5.70. The molecule has 0 bridgehead atoms. The number of piperazine rings is 1. The minimum atomic E-state index is 0.0405. The molecule has 0 spiro atoms. The van der Waals surface area contributed by atoms with Crippen LogP contribution in [0.4, 0.5) is 0 Å². The van der Waals surface area contributed by atoms with E-state index in [9.17, 15) is 4.79 Å². The van der Waals surface area contributed by atoms with Crippen LogP contribution in [0.25, 0.3) is 0 Å². The van der Waals surface area contributed by atoms with Crippen molar-refractivity contribution in [3.05, 3.63) is 89.2 Å². The van der Waals surface area contributed by atoms with Gasteiger partial charge in [0, 0.05) is 23.9 Å². The van der Waals surface area contributed by atoms with Crippen LogP contribution >= 0.6 is 0 Å². The van der Waals surface area contributed by atoms with Crippen molar-refractivity contribution in [1.82, 2.24) is 14.7 Å². The zero-order valence-corrected chi connectivity index (χ0v) is 16.5. The first-order chi connectivity index (χ1) is 13.6. The third kappa shape index (κ3) is 3.71. The second-order valence-electron chi connectivity index (χ2n) is 7.50. The van der Waals surface area contributed by atoms with E-state index < -0.39 is 0 Å². The van der Waals surface area contributed by atoms with Crippen LogP contribution in [-0.2, 0) is 7.05 Å². The molecule has 0 saturated carbocycles. The first kappa shape index (κ1) is 18.4. The summed E-state index contributed by atoms with van der Waals surface area (Å²) in [6.07, 6.45) is 0. The van der Waals surface area contributed by atoms with E-state index in [1.54, 1.807) is 4.68 Å². The third-order valence-electron chi connectivity index (χ3n) is 5.70. The number of carbonyl (C=O) groups excluding carboxylic acids is 1. The number of amides is 1. The fourth-order valence-electron chi connectivity index (χ4n) is 4.07. The molecular formula is C23H27N4O+. The number of rotatable bonds is 4. The number of benzene rings is 2. The van der Waals surface area contributed by atoms with Crippen LogP contribution < -0.4 is 4.90 Å². The summed E-state index contributed by atoms with van der Waals surface area (Å²) in [6.45, 7) is 5.31. The SMILES string of the molecule is Cc1cc(C(=O)N2CC[NH+](C(c3ccccc3)c3ccccc3)CC2)nn1C. The molecule has 1 saturated heterocycles. The number of nitrogens with one attached hydrogen (secondary N) is 1. The predicted molar refractivity (Wildman–Crippen MR) is 109 cm³/mol. The molecule has 1 N–H and O–H groups in total. The van der Waals surface area contributed by atoms with E-state index in [4.69, 9.17) is 0 Å². The lowest BCUT2D eigenvalue weighted by Crippen LogP contribution is -3.15. The molecule has 5 heteroatoms. The molecule has 5 nitrogen and oxygen atoms in total. The molecule has 1 amide bonds. The van der Waals surface area contributed by atoms with Gasteiger partial charge >= 0.3 is 0 Å². The van der Waals surface area contributed by atoms with E-state index in [-0.39, 0.29) is 11.9 Å². The number of hydrogen-bond acceptors (Lipinski definition) is 2. The molecule has 0 radical (unpaired) electrons. The van der Waals surface area contributed by atoms with Gasteiger partial charge < -0.3 is 9.80 Å². The largest absolute Gasteiger partial charge is 0.326 e. The van der Waals surface area contributed by atoms with Gasteiger partial charge in [0.1, 0.15) is 6.04 Å². The summed E-state index contributed by atoms with van der Waals surface area (Å²) < 4.78 is 1.76. The van der Waals surface area contributed by atoms with Crippen LogP contribution in [-0.4, -0.2) is 46.8 Å². The number of nitrogens with zero attached hydrogens (tertiary/aromatic N) is 3. The van der Waals surface area contributed by atoms with Gasteiger partial charge in [-0.3, -0.25) is 9.48 Å². The first-order valence-corrected chi connectivity index (χ1v) is 9.88. The normalized spacial score (nSPS) is 15.2. The Morgan fingerprint density at radius 3 is 1.96 bits per heavy atom. The van der Waals surface area contributed by atoms with Crippen molar-refractivity contribution in [3.63, 3.8) is 0 Å². The Hall–Kier alpha value is -2.92. The van der Waals surface area contributed by atoms with Gasteiger partial charge in [-0.25, -0.2) is 0 Å². The maximum atomic E-state index is 12.8. The van der Waals surface area contributed by atoms with Crippen LogP contribution in [0.3, 0.4) is 0 Å². The quantitative estimate of drug-likeness (QED) is 0.756. The Morgan fingerprint density at radius 2 is 1.50 bits per heavy atom. The van der Waals surface area contributed by atoms with Crippen LogP contribution in [0.5, 0.6) is 0 Å². The highest BCUT2D eigenvalue weighted by atomic mass is 16.2. The minimum Gasteiger partial charge on any atom is -0.326 e. The van der Waals surface area contributed by atoms with Crippen LogP contribution in [0.15, 0.2) is 66.7 Å². The molecule has 0 aliphatic carbocycles. The lowest BCUT2D eigenvalue weighted by molar-refractivity contribution is -0.929. The van der Waals surface area contributed by atoms with E-state index in [2.05, 4.69) is 65.8 Å². The average Bonchev–Trinajstić information content (AvgIpc) is 3.08. The van der Waals surface area contributed by atoms with Gasteiger partial charge in [-0.1, -0.05) is 60.7 Å².